The monoisotopic (exact) mass is 215 g/mol. The van der Waals surface area contributed by atoms with E-state index in [4.69, 9.17) is 5.73 Å². The summed E-state index contributed by atoms with van der Waals surface area (Å²) in [6.45, 7) is 4.06. The van der Waals surface area contributed by atoms with Crippen LogP contribution in [0.2, 0.25) is 0 Å². The molecule has 1 aromatic heterocycles. The summed E-state index contributed by atoms with van der Waals surface area (Å²) in [5.74, 6) is 0.140. The number of H-pyrrole nitrogens is 1. The summed E-state index contributed by atoms with van der Waals surface area (Å²) in [6.07, 6.45) is 0. The van der Waals surface area contributed by atoms with Gasteiger partial charge in [0.1, 0.15) is 0 Å². The summed E-state index contributed by atoms with van der Waals surface area (Å²) < 4.78 is 0. The van der Waals surface area contributed by atoms with Crippen LogP contribution in [0.3, 0.4) is 0 Å². The van der Waals surface area contributed by atoms with E-state index in [1.54, 1.807) is 0 Å². The highest BCUT2D eigenvalue weighted by Gasteiger charge is 2.03. The van der Waals surface area contributed by atoms with Crippen LogP contribution in [0.25, 0.3) is 11.3 Å². The van der Waals surface area contributed by atoms with E-state index in [0.717, 1.165) is 11.1 Å². The Hall–Kier alpha value is -2.10. The zero-order valence-corrected chi connectivity index (χ0v) is 9.24. The molecule has 0 unspecified atom stereocenters. The number of rotatable bonds is 1. The van der Waals surface area contributed by atoms with Crippen molar-refractivity contribution in [2.75, 3.05) is 5.73 Å². The molecule has 0 amide bonds. The van der Waals surface area contributed by atoms with Crippen molar-refractivity contribution in [1.82, 2.24) is 9.97 Å². The Kier molecular flexibility index (Phi) is 2.48. The second-order valence-corrected chi connectivity index (χ2v) is 3.81. The molecular formula is C12H13N3O. The van der Waals surface area contributed by atoms with Crippen LogP contribution < -0.4 is 11.3 Å². The van der Waals surface area contributed by atoms with Gasteiger partial charge in [0.15, 0.2) is 0 Å². The first-order valence-electron chi connectivity index (χ1n) is 5.01. The molecular weight excluding hydrogens is 202 g/mol. The molecule has 0 spiro atoms. The number of aromatic amines is 1. The van der Waals surface area contributed by atoms with Gasteiger partial charge >= 0.3 is 0 Å². The minimum Gasteiger partial charge on any atom is -0.369 e. The lowest BCUT2D eigenvalue weighted by Gasteiger charge is -2.04. The summed E-state index contributed by atoms with van der Waals surface area (Å²) in [6, 6.07) is 7.38. The Labute approximate surface area is 93.2 Å². The molecule has 0 aliphatic heterocycles. The van der Waals surface area contributed by atoms with Gasteiger partial charge in [-0.15, -0.1) is 0 Å². The smallest absolute Gasteiger partial charge is 0.252 e. The van der Waals surface area contributed by atoms with Crippen LogP contribution in [0.4, 0.5) is 5.95 Å². The number of hydrogen-bond acceptors (Lipinski definition) is 3. The van der Waals surface area contributed by atoms with Crippen molar-refractivity contribution in [3.63, 3.8) is 0 Å². The zero-order chi connectivity index (χ0) is 11.7. The molecule has 82 valence electrons. The molecule has 1 heterocycles. The Balaban J connectivity index is 2.58. The van der Waals surface area contributed by atoms with E-state index in [2.05, 4.69) is 9.97 Å². The second-order valence-electron chi connectivity index (χ2n) is 3.81. The maximum absolute atomic E-state index is 11.3. The van der Waals surface area contributed by atoms with Crippen LogP contribution in [-0.2, 0) is 0 Å². The topological polar surface area (TPSA) is 71.8 Å². The molecule has 0 atom stereocenters. The van der Waals surface area contributed by atoms with Crippen LogP contribution in [0.5, 0.6) is 0 Å². The number of nitrogen functional groups attached to an aromatic ring is 1. The molecule has 0 bridgehead atoms. The van der Waals surface area contributed by atoms with E-state index < -0.39 is 0 Å². The third kappa shape index (κ3) is 1.95. The van der Waals surface area contributed by atoms with Crippen molar-refractivity contribution >= 4 is 5.95 Å². The number of nitrogens with zero attached hydrogens (tertiary/aromatic N) is 1. The van der Waals surface area contributed by atoms with Gasteiger partial charge in [0.2, 0.25) is 5.95 Å². The largest absolute Gasteiger partial charge is 0.369 e. The Morgan fingerprint density at radius 2 is 1.94 bits per heavy atom. The maximum atomic E-state index is 11.3. The van der Waals surface area contributed by atoms with E-state index in [-0.39, 0.29) is 11.5 Å². The van der Waals surface area contributed by atoms with Gasteiger partial charge in [-0.05, 0) is 31.0 Å². The van der Waals surface area contributed by atoms with Gasteiger partial charge in [-0.2, -0.15) is 0 Å². The van der Waals surface area contributed by atoms with Crippen LogP contribution in [0.15, 0.2) is 29.1 Å². The second kappa shape index (κ2) is 3.81. The van der Waals surface area contributed by atoms with Crippen LogP contribution in [0.1, 0.15) is 11.1 Å². The normalized spacial score (nSPS) is 10.4. The number of nitrogens with two attached hydrogens (primary N) is 1. The van der Waals surface area contributed by atoms with Crippen molar-refractivity contribution in [2.24, 2.45) is 0 Å². The van der Waals surface area contributed by atoms with Gasteiger partial charge in [0, 0.05) is 11.6 Å². The molecule has 0 aliphatic rings. The molecule has 4 nitrogen and oxygen atoms in total. The minimum absolute atomic E-state index is 0.140. The molecule has 4 heteroatoms. The van der Waals surface area contributed by atoms with E-state index in [9.17, 15) is 4.79 Å². The number of aromatic nitrogens is 2. The van der Waals surface area contributed by atoms with Crippen molar-refractivity contribution in [3.8, 4) is 11.3 Å². The van der Waals surface area contributed by atoms with Gasteiger partial charge in [-0.25, -0.2) is 4.98 Å². The highest BCUT2D eigenvalue weighted by Crippen LogP contribution is 2.19. The van der Waals surface area contributed by atoms with Crippen LogP contribution >= 0.6 is 0 Å². The summed E-state index contributed by atoms with van der Waals surface area (Å²) in [4.78, 5) is 17.8. The first-order chi connectivity index (χ1) is 7.56. The lowest BCUT2D eigenvalue weighted by molar-refractivity contribution is 1.14. The highest BCUT2D eigenvalue weighted by molar-refractivity contribution is 5.61. The molecule has 3 N–H and O–H groups in total. The number of benzene rings is 1. The molecule has 0 fully saturated rings. The standard InChI is InChI=1S/C12H13N3O/c1-7-3-4-9(5-8(7)2)10-6-11(16)15-12(13)14-10/h3-6H,1-2H3,(H3,13,14,15,16). The van der Waals surface area contributed by atoms with Crippen molar-refractivity contribution < 1.29 is 0 Å². The van der Waals surface area contributed by atoms with Gasteiger partial charge in [-0.1, -0.05) is 12.1 Å². The Bertz CT molecular complexity index is 587. The fraction of sp³-hybridized carbons (Fsp3) is 0.167. The first kappa shape index (κ1) is 10.4. The SMILES string of the molecule is Cc1ccc(-c2cc(=O)[nH]c(N)n2)cc1C. The van der Waals surface area contributed by atoms with Gasteiger partial charge in [0.25, 0.3) is 5.56 Å². The predicted octanol–water partition coefficient (Wildman–Crippen LogP) is 1.64. The third-order valence-electron chi connectivity index (χ3n) is 2.56. The van der Waals surface area contributed by atoms with Crippen molar-refractivity contribution in [2.45, 2.75) is 13.8 Å². The third-order valence-corrected chi connectivity index (χ3v) is 2.56. The van der Waals surface area contributed by atoms with Crippen LogP contribution in [0, 0.1) is 13.8 Å². The van der Waals surface area contributed by atoms with E-state index in [0.29, 0.717) is 5.69 Å². The molecule has 1 aromatic carbocycles. The molecule has 0 aliphatic carbocycles. The quantitative estimate of drug-likeness (QED) is 0.759. The zero-order valence-electron chi connectivity index (χ0n) is 9.24. The van der Waals surface area contributed by atoms with Gasteiger partial charge in [-0.3, -0.25) is 9.78 Å². The molecule has 2 aromatic rings. The number of hydrogen-bond donors (Lipinski definition) is 2. The van der Waals surface area contributed by atoms with Crippen LogP contribution in [-0.4, -0.2) is 9.97 Å². The van der Waals surface area contributed by atoms with E-state index in [1.165, 1.54) is 11.6 Å². The average molecular weight is 215 g/mol. The lowest BCUT2D eigenvalue weighted by atomic mass is 10.0. The molecule has 16 heavy (non-hydrogen) atoms. The summed E-state index contributed by atoms with van der Waals surface area (Å²) in [5.41, 5.74) is 9.14. The summed E-state index contributed by atoms with van der Waals surface area (Å²) >= 11 is 0. The molecule has 0 saturated carbocycles. The predicted molar refractivity (Wildman–Crippen MR) is 64.2 cm³/mol. The minimum atomic E-state index is -0.235. The van der Waals surface area contributed by atoms with Crippen molar-refractivity contribution in [1.29, 1.82) is 0 Å². The average Bonchev–Trinajstić information content (AvgIpc) is 2.20. The highest BCUT2D eigenvalue weighted by atomic mass is 16.1. The van der Waals surface area contributed by atoms with Gasteiger partial charge < -0.3 is 5.73 Å². The number of anilines is 1. The molecule has 0 saturated heterocycles. The first-order valence-corrected chi connectivity index (χ1v) is 5.01. The van der Waals surface area contributed by atoms with E-state index >= 15 is 0 Å². The Morgan fingerprint density at radius 3 is 2.56 bits per heavy atom. The fourth-order valence-electron chi connectivity index (χ4n) is 1.53. The number of nitrogens with one attached hydrogen (secondary N) is 1. The van der Waals surface area contributed by atoms with Crippen molar-refractivity contribution in [3.05, 3.63) is 45.7 Å². The van der Waals surface area contributed by atoms with E-state index in [1.807, 2.05) is 32.0 Å². The molecule has 2 rings (SSSR count). The number of aryl methyl sites for hydroxylation is 2. The Morgan fingerprint density at radius 1 is 1.19 bits per heavy atom. The lowest BCUT2D eigenvalue weighted by Crippen LogP contribution is -2.10. The summed E-state index contributed by atoms with van der Waals surface area (Å²) in [7, 11) is 0. The maximum Gasteiger partial charge on any atom is 0.252 e. The summed E-state index contributed by atoms with van der Waals surface area (Å²) in [5, 5.41) is 0. The fourth-order valence-corrected chi connectivity index (χ4v) is 1.53. The van der Waals surface area contributed by atoms with Gasteiger partial charge in [0.05, 0.1) is 5.69 Å². The molecule has 0 radical (unpaired) electrons.